The molecular formula is C14H22N2O. The first-order valence-corrected chi connectivity index (χ1v) is 6.47. The standard InChI is InChI=1S/C14H22N2O/c15-11-13-5-1-2-6-14(13)12-17-10-9-16-7-3-4-8-16/h1-2,5-6H,3-4,7-12,15H2. The third-order valence-electron chi connectivity index (χ3n) is 3.35. The van der Waals surface area contributed by atoms with Gasteiger partial charge in [-0.3, -0.25) is 0 Å². The van der Waals surface area contributed by atoms with Crippen molar-refractivity contribution < 1.29 is 4.74 Å². The first-order chi connectivity index (χ1) is 8.40. The largest absolute Gasteiger partial charge is 0.375 e. The van der Waals surface area contributed by atoms with Crippen LogP contribution in [0.3, 0.4) is 0 Å². The van der Waals surface area contributed by atoms with Crippen molar-refractivity contribution in [3.8, 4) is 0 Å². The van der Waals surface area contributed by atoms with Gasteiger partial charge in [-0.15, -0.1) is 0 Å². The zero-order valence-corrected chi connectivity index (χ0v) is 10.4. The Morgan fingerprint density at radius 1 is 1.12 bits per heavy atom. The first-order valence-electron chi connectivity index (χ1n) is 6.47. The average Bonchev–Trinajstić information content (AvgIpc) is 2.88. The molecule has 1 fully saturated rings. The van der Waals surface area contributed by atoms with Gasteiger partial charge in [0.15, 0.2) is 0 Å². The van der Waals surface area contributed by atoms with Gasteiger partial charge in [0.05, 0.1) is 13.2 Å². The second kappa shape index (κ2) is 6.74. The fourth-order valence-electron chi connectivity index (χ4n) is 2.28. The second-order valence-corrected chi connectivity index (χ2v) is 4.57. The molecule has 0 amide bonds. The van der Waals surface area contributed by atoms with Crippen LogP contribution >= 0.6 is 0 Å². The number of ether oxygens (including phenoxy) is 1. The van der Waals surface area contributed by atoms with Gasteiger partial charge >= 0.3 is 0 Å². The van der Waals surface area contributed by atoms with Crippen molar-refractivity contribution in [2.75, 3.05) is 26.2 Å². The summed E-state index contributed by atoms with van der Waals surface area (Å²) in [6, 6.07) is 8.23. The molecule has 2 rings (SSSR count). The molecule has 2 N–H and O–H groups in total. The Labute approximate surface area is 104 Å². The van der Waals surface area contributed by atoms with Crippen LogP contribution < -0.4 is 5.73 Å². The molecule has 1 aliphatic heterocycles. The van der Waals surface area contributed by atoms with Crippen molar-refractivity contribution in [2.24, 2.45) is 5.73 Å². The molecule has 1 aromatic rings. The van der Waals surface area contributed by atoms with Crippen LogP contribution in [0.1, 0.15) is 24.0 Å². The average molecular weight is 234 g/mol. The van der Waals surface area contributed by atoms with Gasteiger partial charge in [-0.2, -0.15) is 0 Å². The molecule has 1 aromatic carbocycles. The van der Waals surface area contributed by atoms with Crippen molar-refractivity contribution in [1.82, 2.24) is 4.90 Å². The number of benzene rings is 1. The van der Waals surface area contributed by atoms with E-state index in [4.69, 9.17) is 10.5 Å². The van der Waals surface area contributed by atoms with E-state index in [0.29, 0.717) is 13.2 Å². The Hall–Kier alpha value is -0.900. The summed E-state index contributed by atoms with van der Waals surface area (Å²) in [4.78, 5) is 2.47. The lowest BCUT2D eigenvalue weighted by Crippen LogP contribution is -2.24. The molecule has 1 aliphatic rings. The van der Waals surface area contributed by atoms with E-state index in [1.165, 1.54) is 37.1 Å². The van der Waals surface area contributed by atoms with E-state index < -0.39 is 0 Å². The molecule has 0 atom stereocenters. The number of rotatable bonds is 6. The van der Waals surface area contributed by atoms with Crippen LogP contribution in [0.25, 0.3) is 0 Å². The molecule has 0 spiro atoms. The van der Waals surface area contributed by atoms with Crippen molar-refractivity contribution in [3.63, 3.8) is 0 Å². The summed E-state index contributed by atoms with van der Waals surface area (Å²) in [5.41, 5.74) is 8.10. The Morgan fingerprint density at radius 2 is 1.82 bits per heavy atom. The van der Waals surface area contributed by atoms with E-state index in [-0.39, 0.29) is 0 Å². The molecule has 0 bridgehead atoms. The van der Waals surface area contributed by atoms with Crippen LogP contribution in [0.5, 0.6) is 0 Å². The van der Waals surface area contributed by atoms with Crippen LogP contribution in [0.4, 0.5) is 0 Å². The van der Waals surface area contributed by atoms with Gasteiger partial charge in [0.1, 0.15) is 0 Å². The first kappa shape index (κ1) is 12.6. The van der Waals surface area contributed by atoms with Gasteiger partial charge in [0.25, 0.3) is 0 Å². The van der Waals surface area contributed by atoms with Crippen molar-refractivity contribution in [1.29, 1.82) is 0 Å². The monoisotopic (exact) mass is 234 g/mol. The summed E-state index contributed by atoms with van der Waals surface area (Å²) in [5.74, 6) is 0. The van der Waals surface area contributed by atoms with E-state index in [1.54, 1.807) is 0 Å². The normalized spacial score (nSPS) is 16.5. The van der Waals surface area contributed by atoms with E-state index in [0.717, 1.165) is 13.2 Å². The highest BCUT2D eigenvalue weighted by Crippen LogP contribution is 2.10. The Balaban J connectivity index is 1.70. The van der Waals surface area contributed by atoms with E-state index in [1.807, 2.05) is 12.1 Å². The third-order valence-corrected chi connectivity index (χ3v) is 3.35. The molecule has 0 radical (unpaired) electrons. The fourth-order valence-corrected chi connectivity index (χ4v) is 2.28. The van der Waals surface area contributed by atoms with Gasteiger partial charge in [-0.25, -0.2) is 0 Å². The number of nitrogens with two attached hydrogens (primary N) is 1. The summed E-state index contributed by atoms with van der Waals surface area (Å²) >= 11 is 0. The molecule has 3 heteroatoms. The quantitative estimate of drug-likeness (QED) is 0.762. The molecule has 0 unspecified atom stereocenters. The van der Waals surface area contributed by atoms with Crippen molar-refractivity contribution in [3.05, 3.63) is 35.4 Å². The predicted octanol–water partition coefficient (Wildman–Crippen LogP) is 1.76. The van der Waals surface area contributed by atoms with Crippen LogP contribution in [-0.4, -0.2) is 31.1 Å². The lowest BCUT2D eigenvalue weighted by atomic mass is 10.1. The predicted molar refractivity (Wildman–Crippen MR) is 69.7 cm³/mol. The van der Waals surface area contributed by atoms with Crippen LogP contribution in [-0.2, 0) is 17.9 Å². The number of hydrogen-bond donors (Lipinski definition) is 1. The van der Waals surface area contributed by atoms with Crippen LogP contribution in [0.2, 0.25) is 0 Å². The number of hydrogen-bond acceptors (Lipinski definition) is 3. The lowest BCUT2D eigenvalue weighted by molar-refractivity contribution is 0.0988. The van der Waals surface area contributed by atoms with Crippen molar-refractivity contribution in [2.45, 2.75) is 26.0 Å². The van der Waals surface area contributed by atoms with Gasteiger partial charge in [0.2, 0.25) is 0 Å². The fraction of sp³-hybridized carbons (Fsp3) is 0.571. The summed E-state index contributed by atoms with van der Waals surface area (Å²) in [6.45, 7) is 5.63. The SMILES string of the molecule is NCc1ccccc1COCCN1CCCC1. The molecule has 0 aliphatic carbocycles. The molecule has 1 heterocycles. The van der Waals surface area contributed by atoms with E-state index >= 15 is 0 Å². The molecule has 94 valence electrons. The van der Waals surface area contributed by atoms with Gasteiger partial charge in [-0.1, -0.05) is 24.3 Å². The van der Waals surface area contributed by atoms with Gasteiger partial charge < -0.3 is 15.4 Å². The Kier molecular flexibility index (Phi) is 4.98. The zero-order chi connectivity index (χ0) is 11.9. The third kappa shape index (κ3) is 3.80. The molecule has 3 nitrogen and oxygen atoms in total. The van der Waals surface area contributed by atoms with Crippen molar-refractivity contribution >= 4 is 0 Å². The highest BCUT2D eigenvalue weighted by molar-refractivity contribution is 5.26. The minimum Gasteiger partial charge on any atom is -0.375 e. The molecule has 0 aromatic heterocycles. The molecular weight excluding hydrogens is 212 g/mol. The minimum atomic E-state index is 0.589. The maximum atomic E-state index is 5.73. The highest BCUT2D eigenvalue weighted by atomic mass is 16.5. The van der Waals surface area contributed by atoms with Crippen LogP contribution in [0, 0.1) is 0 Å². The summed E-state index contributed by atoms with van der Waals surface area (Å²) in [5, 5.41) is 0. The molecule has 0 saturated carbocycles. The maximum Gasteiger partial charge on any atom is 0.0720 e. The van der Waals surface area contributed by atoms with E-state index in [2.05, 4.69) is 17.0 Å². The summed E-state index contributed by atoms with van der Waals surface area (Å²) < 4.78 is 5.73. The zero-order valence-electron chi connectivity index (χ0n) is 10.4. The molecule has 17 heavy (non-hydrogen) atoms. The summed E-state index contributed by atoms with van der Waals surface area (Å²) in [7, 11) is 0. The smallest absolute Gasteiger partial charge is 0.0720 e. The number of likely N-dealkylation sites (tertiary alicyclic amines) is 1. The van der Waals surface area contributed by atoms with Gasteiger partial charge in [-0.05, 0) is 37.1 Å². The maximum absolute atomic E-state index is 5.73. The highest BCUT2D eigenvalue weighted by Gasteiger charge is 2.10. The minimum absolute atomic E-state index is 0.589. The Bertz CT molecular complexity index is 335. The summed E-state index contributed by atoms with van der Waals surface area (Å²) in [6.07, 6.45) is 2.69. The van der Waals surface area contributed by atoms with Crippen LogP contribution in [0.15, 0.2) is 24.3 Å². The lowest BCUT2D eigenvalue weighted by Gasteiger charge is -2.15. The van der Waals surface area contributed by atoms with Gasteiger partial charge in [0, 0.05) is 13.1 Å². The van der Waals surface area contributed by atoms with E-state index in [9.17, 15) is 0 Å². The second-order valence-electron chi connectivity index (χ2n) is 4.57. The number of nitrogens with zero attached hydrogens (tertiary/aromatic N) is 1. The Morgan fingerprint density at radius 3 is 2.53 bits per heavy atom. The topological polar surface area (TPSA) is 38.5 Å². The molecule has 1 saturated heterocycles.